The van der Waals surface area contributed by atoms with E-state index in [1.165, 1.54) is 12.1 Å². The average molecular weight is 200 g/mol. The molecule has 0 heterocycles. The Labute approximate surface area is 81.7 Å². The van der Waals surface area contributed by atoms with Gasteiger partial charge in [-0.2, -0.15) is 0 Å². The van der Waals surface area contributed by atoms with Crippen molar-refractivity contribution in [2.45, 2.75) is 18.9 Å². The molecule has 0 radical (unpaired) electrons. The van der Waals surface area contributed by atoms with E-state index in [0.29, 0.717) is 10.9 Å². The normalized spacial score (nSPS) is 18.7. The summed E-state index contributed by atoms with van der Waals surface area (Å²) in [5.74, 6) is 0.231. The molecule has 1 aliphatic rings. The molecule has 13 heavy (non-hydrogen) atoms. The monoisotopic (exact) mass is 199 g/mol. The molecule has 70 valence electrons. The summed E-state index contributed by atoms with van der Waals surface area (Å²) >= 11 is 5.92. The Balaban J connectivity index is 2.31. The van der Waals surface area contributed by atoms with Gasteiger partial charge in [0.1, 0.15) is 5.82 Å². The molecule has 1 nitrogen and oxygen atoms in total. The molecule has 0 unspecified atom stereocenters. The van der Waals surface area contributed by atoms with Gasteiger partial charge in [0.15, 0.2) is 0 Å². The summed E-state index contributed by atoms with van der Waals surface area (Å²) < 4.78 is 12.9. The lowest BCUT2D eigenvalue weighted by Gasteiger charge is -2.12. The Morgan fingerprint density at radius 3 is 2.77 bits per heavy atom. The van der Waals surface area contributed by atoms with Gasteiger partial charge in [0, 0.05) is 11.1 Å². The van der Waals surface area contributed by atoms with Crippen LogP contribution in [0.3, 0.4) is 0 Å². The second-order valence-electron chi connectivity index (χ2n) is 3.53. The molecule has 2 N–H and O–H groups in total. The number of hydrogen-bond donors (Lipinski definition) is 1. The molecule has 0 aliphatic heterocycles. The molecule has 0 amide bonds. The highest BCUT2D eigenvalue weighted by Crippen LogP contribution is 2.41. The van der Waals surface area contributed by atoms with Gasteiger partial charge in [-0.15, -0.1) is 0 Å². The lowest BCUT2D eigenvalue weighted by atomic mass is 10.0. The van der Waals surface area contributed by atoms with E-state index in [1.807, 2.05) is 0 Å². The summed E-state index contributed by atoms with van der Waals surface area (Å²) in [6.45, 7) is 0. The Bertz CT molecular complexity index is 323. The number of rotatable bonds is 2. The summed E-state index contributed by atoms with van der Waals surface area (Å²) in [6, 6.07) is 4.26. The Morgan fingerprint density at radius 2 is 2.15 bits per heavy atom. The zero-order valence-electron chi connectivity index (χ0n) is 7.13. The molecule has 1 saturated carbocycles. The molecular formula is C10H11ClFN. The van der Waals surface area contributed by atoms with Gasteiger partial charge >= 0.3 is 0 Å². The van der Waals surface area contributed by atoms with E-state index in [-0.39, 0.29) is 11.9 Å². The maximum absolute atomic E-state index is 12.9. The van der Waals surface area contributed by atoms with Crippen molar-refractivity contribution in [1.82, 2.24) is 0 Å². The number of hydrogen-bond acceptors (Lipinski definition) is 1. The van der Waals surface area contributed by atoms with Gasteiger partial charge in [-0.05, 0) is 42.5 Å². The maximum Gasteiger partial charge on any atom is 0.123 e. The van der Waals surface area contributed by atoms with Crippen molar-refractivity contribution in [3.63, 3.8) is 0 Å². The molecule has 1 aromatic rings. The third-order valence-electron chi connectivity index (χ3n) is 2.45. The van der Waals surface area contributed by atoms with E-state index in [2.05, 4.69) is 0 Å². The molecule has 1 aliphatic carbocycles. The van der Waals surface area contributed by atoms with Crippen molar-refractivity contribution in [2.75, 3.05) is 0 Å². The molecule has 2 rings (SSSR count). The predicted molar refractivity (Wildman–Crippen MR) is 51.1 cm³/mol. The molecule has 0 saturated heterocycles. The molecule has 1 aromatic carbocycles. The minimum Gasteiger partial charge on any atom is -0.324 e. The van der Waals surface area contributed by atoms with Crippen LogP contribution in [-0.4, -0.2) is 0 Å². The molecular weight excluding hydrogens is 189 g/mol. The highest BCUT2D eigenvalue weighted by Gasteiger charge is 2.30. The number of benzene rings is 1. The topological polar surface area (TPSA) is 26.0 Å². The van der Waals surface area contributed by atoms with Crippen LogP contribution in [0.2, 0.25) is 5.02 Å². The lowest BCUT2D eigenvalue weighted by Crippen LogP contribution is -2.13. The van der Waals surface area contributed by atoms with Crippen LogP contribution in [0.15, 0.2) is 18.2 Å². The SMILES string of the molecule is N[C@H](c1cc(F)ccc1Cl)C1CC1. The second-order valence-corrected chi connectivity index (χ2v) is 3.94. The van der Waals surface area contributed by atoms with Crippen LogP contribution in [-0.2, 0) is 0 Å². The van der Waals surface area contributed by atoms with E-state index < -0.39 is 0 Å². The Kier molecular flexibility index (Phi) is 2.26. The van der Waals surface area contributed by atoms with E-state index in [4.69, 9.17) is 17.3 Å². The fourth-order valence-electron chi connectivity index (χ4n) is 1.48. The first-order chi connectivity index (χ1) is 6.18. The van der Waals surface area contributed by atoms with Gasteiger partial charge in [-0.25, -0.2) is 4.39 Å². The van der Waals surface area contributed by atoms with E-state index in [9.17, 15) is 4.39 Å². The third-order valence-corrected chi connectivity index (χ3v) is 2.79. The third kappa shape index (κ3) is 1.84. The smallest absolute Gasteiger partial charge is 0.123 e. The van der Waals surface area contributed by atoms with Gasteiger partial charge in [0.25, 0.3) is 0 Å². The quantitative estimate of drug-likeness (QED) is 0.779. The van der Waals surface area contributed by atoms with E-state index >= 15 is 0 Å². The van der Waals surface area contributed by atoms with Crippen LogP contribution >= 0.6 is 11.6 Å². The minimum absolute atomic E-state index is 0.0943. The van der Waals surface area contributed by atoms with Crippen molar-refractivity contribution in [3.8, 4) is 0 Å². The van der Waals surface area contributed by atoms with Crippen LogP contribution in [0.5, 0.6) is 0 Å². The standard InChI is InChI=1S/C10H11ClFN/c11-9-4-3-7(12)5-8(9)10(13)6-1-2-6/h3-6,10H,1-2,13H2/t10-/m0/s1. The molecule has 1 fully saturated rings. The highest BCUT2D eigenvalue weighted by atomic mass is 35.5. The van der Waals surface area contributed by atoms with Crippen molar-refractivity contribution >= 4 is 11.6 Å². The Morgan fingerprint density at radius 1 is 1.46 bits per heavy atom. The minimum atomic E-state index is -0.268. The number of halogens is 2. The van der Waals surface area contributed by atoms with Gasteiger partial charge in [0.05, 0.1) is 0 Å². The van der Waals surface area contributed by atoms with Crippen LogP contribution in [0.25, 0.3) is 0 Å². The number of nitrogens with two attached hydrogens (primary N) is 1. The first kappa shape index (κ1) is 8.97. The van der Waals surface area contributed by atoms with Crippen LogP contribution in [0.1, 0.15) is 24.4 Å². The van der Waals surface area contributed by atoms with Crippen molar-refractivity contribution in [1.29, 1.82) is 0 Å². The predicted octanol–water partition coefficient (Wildman–Crippen LogP) is 2.89. The molecule has 0 spiro atoms. The summed E-state index contributed by atoms with van der Waals surface area (Å²) in [6.07, 6.45) is 2.27. The Hall–Kier alpha value is -0.600. The zero-order chi connectivity index (χ0) is 9.42. The van der Waals surface area contributed by atoms with Crippen molar-refractivity contribution in [2.24, 2.45) is 11.7 Å². The van der Waals surface area contributed by atoms with Crippen molar-refractivity contribution < 1.29 is 4.39 Å². The fourth-order valence-corrected chi connectivity index (χ4v) is 1.72. The average Bonchev–Trinajstić information content (AvgIpc) is 2.91. The maximum atomic E-state index is 12.9. The zero-order valence-corrected chi connectivity index (χ0v) is 7.89. The summed E-state index contributed by atoms with van der Waals surface area (Å²) in [5.41, 5.74) is 6.66. The van der Waals surface area contributed by atoms with Crippen molar-refractivity contribution in [3.05, 3.63) is 34.6 Å². The van der Waals surface area contributed by atoms with Gasteiger partial charge in [0.2, 0.25) is 0 Å². The van der Waals surface area contributed by atoms with Crippen LogP contribution < -0.4 is 5.73 Å². The molecule has 0 bridgehead atoms. The van der Waals surface area contributed by atoms with Crippen LogP contribution in [0.4, 0.5) is 4.39 Å². The lowest BCUT2D eigenvalue weighted by molar-refractivity contribution is 0.602. The van der Waals surface area contributed by atoms with E-state index in [0.717, 1.165) is 18.4 Å². The van der Waals surface area contributed by atoms with Gasteiger partial charge < -0.3 is 5.73 Å². The second kappa shape index (κ2) is 3.28. The highest BCUT2D eigenvalue weighted by molar-refractivity contribution is 6.31. The molecule has 0 aromatic heterocycles. The summed E-state index contributed by atoms with van der Waals surface area (Å²) in [4.78, 5) is 0. The molecule has 3 heteroatoms. The largest absolute Gasteiger partial charge is 0.324 e. The van der Waals surface area contributed by atoms with Gasteiger partial charge in [-0.3, -0.25) is 0 Å². The van der Waals surface area contributed by atoms with Crippen LogP contribution in [0, 0.1) is 11.7 Å². The first-order valence-corrected chi connectivity index (χ1v) is 4.77. The van der Waals surface area contributed by atoms with Gasteiger partial charge in [-0.1, -0.05) is 11.6 Å². The summed E-state index contributed by atoms with van der Waals surface area (Å²) in [7, 11) is 0. The van der Waals surface area contributed by atoms with E-state index in [1.54, 1.807) is 6.07 Å². The fraction of sp³-hybridized carbons (Fsp3) is 0.400. The first-order valence-electron chi connectivity index (χ1n) is 4.39. The molecule has 1 atom stereocenters. The summed E-state index contributed by atoms with van der Waals surface area (Å²) in [5, 5.41) is 0.570.